The Balaban J connectivity index is 2.83. The van der Waals surface area contributed by atoms with E-state index in [-0.39, 0.29) is 31.3 Å². The zero-order valence-corrected chi connectivity index (χ0v) is 11.8. The molecule has 4 atom stereocenters. The van der Waals surface area contributed by atoms with Crippen molar-refractivity contribution in [2.75, 3.05) is 0 Å². The second-order valence-corrected chi connectivity index (χ2v) is 6.14. The van der Waals surface area contributed by atoms with Crippen LogP contribution in [0.15, 0.2) is 12.2 Å². The summed E-state index contributed by atoms with van der Waals surface area (Å²) in [5.74, 6) is -0.531. The molecule has 0 heterocycles. The molecule has 19 heavy (non-hydrogen) atoms. The lowest BCUT2D eigenvalue weighted by Gasteiger charge is -2.45. The first-order valence-electron chi connectivity index (χ1n) is 6.53. The normalized spacial score (nSPS) is 36.6. The largest absolute Gasteiger partial charge is 0.456 e. The highest BCUT2D eigenvalue weighted by molar-refractivity contribution is 5.87. The van der Waals surface area contributed by atoms with Gasteiger partial charge in [-0.2, -0.15) is 0 Å². The fourth-order valence-corrected chi connectivity index (χ4v) is 2.94. The van der Waals surface area contributed by atoms with Crippen LogP contribution in [0.1, 0.15) is 46.5 Å². The number of hydrogen-bond acceptors (Lipinski definition) is 5. The molecule has 0 spiro atoms. The number of hydrogen-bond donors (Lipinski definition) is 3. The predicted molar refractivity (Wildman–Crippen MR) is 70.4 cm³/mol. The predicted octanol–water partition coefficient (Wildman–Crippen LogP) is 0.911. The van der Waals surface area contributed by atoms with E-state index in [9.17, 15) is 20.1 Å². The minimum Gasteiger partial charge on any atom is -0.456 e. The van der Waals surface area contributed by atoms with Crippen molar-refractivity contribution in [2.24, 2.45) is 0 Å². The fraction of sp³-hybridized carbons (Fsp3) is 0.786. The summed E-state index contributed by atoms with van der Waals surface area (Å²) in [6, 6.07) is 0. The number of ether oxygens (including phenoxy) is 1. The summed E-state index contributed by atoms with van der Waals surface area (Å²) >= 11 is 0. The number of aliphatic hydroxyl groups is 3. The zero-order valence-electron chi connectivity index (χ0n) is 11.8. The average molecular weight is 272 g/mol. The van der Waals surface area contributed by atoms with E-state index >= 15 is 0 Å². The van der Waals surface area contributed by atoms with Crippen molar-refractivity contribution in [1.82, 2.24) is 0 Å². The standard InChI is InChI=1S/C14H24O5/c1-9(2)12(17)19-13(4)6-11(16)7-14(18,8-13)5-10(3)15/h10-11,15-16,18H,1,5-8H2,2-4H3. The van der Waals surface area contributed by atoms with Gasteiger partial charge in [-0.15, -0.1) is 0 Å². The van der Waals surface area contributed by atoms with Gasteiger partial charge in [0.1, 0.15) is 5.60 Å². The molecule has 5 nitrogen and oxygen atoms in total. The first kappa shape index (κ1) is 16.1. The van der Waals surface area contributed by atoms with Crippen LogP contribution in [-0.4, -0.2) is 44.7 Å². The average Bonchev–Trinajstić information content (AvgIpc) is 2.10. The molecular weight excluding hydrogens is 248 g/mol. The van der Waals surface area contributed by atoms with Crippen molar-refractivity contribution >= 4 is 5.97 Å². The van der Waals surface area contributed by atoms with Crippen LogP contribution >= 0.6 is 0 Å². The van der Waals surface area contributed by atoms with Crippen molar-refractivity contribution in [2.45, 2.75) is 69.9 Å². The lowest BCUT2D eigenvalue weighted by Crippen LogP contribution is -2.52. The minimum absolute atomic E-state index is 0.143. The number of esters is 1. The summed E-state index contributed by atoms with van der Waals surface area (Å²) in [6.45, 7) is 8.33. The maximum atomic E-state index is 11.6. The monoisotopic (exact) mass is 272 g/mol. The van der Waals surface area contributed by atoms with Gasteiger partial charge in [-0.05, 0) is 20.8 Å². The van der Waals surface area contributed by atoms with Crippen molar-refractivity contribution in [3.8, 4) is 0 Å². The fourth-order valence-electron chi connectivity index (χ4n) is 2.94. The van der Waals surface area contributed by atoms with Crippen LogP contribution in [0.3, 0.4) is 0 Å². The molecule has 1 aliphatic carbocycles. The number of aliphatic hydroxyl groups excluding tert-OH is 2. The van der Waals surface area contributed by atoms with E-state index in [1.54, 1.807) is 20.8 Å². The Hall–Kier alpha value is -0.910. The molecule has 0 bridgehead atoms. The second-order valence-electron chi connectivity index (χ2n) is 6.14. The van der Waals surface area contributed by atoms with Gasteiger partial charge in [-0.1, -0.05) is 6.58 Å². The molecule has 1 aliphatic rings. The molecule has 1 saturated carbocycles. The second kappa shape index (κ2) is 5.61. The molecule has 5 heteroatoms. The highest BCUT2D eigenvalue weighted by atomic mass is 16.6. The first-order valence-corrected chi connectivity index (χ1v) is 6.53. The lowest BCUT2D eigenvalue weighted by molar-refractivity contribution is -0.180. The Morgan fingerprint density at radius 2 is 2.11 bits per heavy atom. The topological polar surface area (TPSA) is 87.0 Å². The number of carbonyl (C=O) groups is 1. The van der Waals surface area contributed by atoms with Gasteiger partial charge in [-0.25, -0.2) is 4.79 Å². The molecule has 0 amide bonds. The third-order valence-corrected chi connectivity index (χ3v) is 3.35. The summed E-state index contributed by atoms with van der Waals surface area (Å²) < 4.78 is 5.35. The van der Waals surface area contributed by atoms with E-state index in [4.69, 9.17) is 4.74 Å². The third-order valence-electron chi connectivity index (χ3n) is 3.35. The van der Waals surface area contributed by atoms with Crippen LogP contribution in [0.5, 0.6) is 0 Å². The SMILES string of the molecule is C=C(C)C(=O)OC1(C)CC(O)CC(O)(CC(C)O)C1. The Morgan fingerprint density at radius 3 is 2.58 bits per heavy atom. The van der Waals surface area contributed by atoms with E-state index in [1.807, 2.05) is 0 Å². The van der Waals surface area contributed by atoms with Crippen LogP contribution in [-0.2, 0) is 9.53 Å². The highest BCUT2D eigenvalue weighted by Crippen LogP contribution is 2.40. The van der Waals surface area contributed by atoms with Crippen molar-refractivity contribution in [3.63, 3.8) is 0 Å². The van der Waals surface area contributed by atoms with Gasteiger partial charge in [0, 0.05) is 31.3 Å². The van der Waals surface area contributed by atoms with E-state index < -0.39 is 29.4 Å². The number of carbonyl (C=O) groups excluding carboxylic acids is 1. The molecular formula is C14H24O5. The van der Waals surface area contributed by atoms with E-state index in [2.05, 4.69) is 6.58 Å². The molecule has 0 aliphatic heterocycles. The molecule has 1 fully saturated rings. The Bertz CT molecular complexity index is 361. The Labute approximate surface area is 113 Å². The van der Waals surface area contributed by atoms with Crippen LogP contribution in [0.25, 0.3) is 0 Å². The Morgan fingerprint density at radius 1 is 1.53 bits per heavy atom. The summed E-state index contributed by atoms with van der Waals surface area (Å²) in [6.07, 6.45) is -0.658. The van der Waals surface area contributed by atoms with E-state index in [0.29, 0.717) is 0 Å². The molecule has 4 unspecified atom stereocenters. The maximum Gasteiger partial charge on any atom is 0.333 e. The minimum atomic E-state index is -1.23. The van der Waals surface area contributed by atoms with Crippen LogP contribution in [0.4, 0.5) is 0 Å². The lowest BCUT2D eigenvalue weighted by atomic mass is 9.72. The van der Waals surface area contributed by atoms with Crippen molar-refractivity contribution in [3.05, 3.63) is 12.2 Å². The van der Waals surface area contributed by atoms with E-state index in [1.165, 1.54) is 0 Å². The molecule has 110 valence electrons. The summed E-state index contributed by atoms with van der Waals surface area (Å²) in [4.78, 5) is 11.6. The third kappa shape index (κ3) is 4.60. The highest BCUT2D eigenvalue weighted by Gasteiger charge is 2.47. The van der Waals surface area contributed by atoms with Crippen molar-refractivity contribution in [1.29, 1.82) is 0 Å². The van der Waals surface area contributed by atoms with Gasteiger partial charge < -0.3 is 20.1 Å². The molecule has 3 N–H and O–H groups in total. The first-order chi connectivity index (χ1) is 8.55. The zero-order chi connectivity index (χ0) is 14.8. The van der Waals surface area contributed by atoms with Gasteiger partial charge >= 0.3 is 5.97 Å². The van der Waals surface area contributed by atoms with Crippen LogP contribution in [0.2, 0.25) is 0 Å². The van der Waals surface area contributed by atoms with E-state index in [0.717, 1.165) is 0 Å². The quantitative estimate of drug-likeness (QED) is 0.523. The summed E-state index contributed by atoms with van der Waals surface area (Å²) in [7, 11) is 0. The molecule has 1 rings (SSSR count). The van der Waals surface area contributed by atoms with Crippen LogP contribution < -0.4 is 0 Å². The smallest absolute Gasteiger partial charge is 0.333 e. The summed E-state index contributed by atoms with van der Waals surface area (Å²) in [5.41, 5.74) is -1.90. The maximum absolute atomic E-state index is 11.6. The Kier molecular flexibility index (Phi) is 4.76. The van der Waals surface area contributed by atoms with Crippen LogP contribution in [0, 0.1) is 0 Å². The van der Waals surface area contributed by atoms with Gasteiger partial charge in [0.25, 0.3) is 0 Å². The van der Waals surface area contributed by atoms with Gasteiger partial charge in [0.2, 0.25) is 0 Å². The summed E-state index contributed by atoms with van der Waals surface area (Å²) in [5, 5.41) is 29.8. The van der Waals surface area contributed by atoms with Crippen molar-refractivity contribution < 1.29 is 24.9 Å². The molecule has 0 aromatic carbocycles. The van der Waals surface area contributed by atoms with Gasteiger partial charge in [-0.3, -0.25) is 0 Å². The van der Waals surface area contributed by atoms with Gasteiger partial charge in [0.15, 0.2) is 0 Å². The molecule has 0 radical (unpaired) electrons. The number of rotatable bonds is 4. The molecule has 0 saturated heterocycles. The molecule has 0 aromatic heterocycles. The van der Waals surface area contributed by atoms with Gasteiger partial charge in [0.05, 0.1) is 17.8 Å². The molecule has 0 aromatic rings.